The molecule has 3 heterocycles. The van der Waals surface area contributed by atoms with Crippen LogP contribution in [0.4, 0.5) is 0 Å². The summed E-state index contributed by atoms with van der Waals surface area (Å²) >= 11 is 0. The minimum Gasteiger partial charge on any atom is -0.374 e. The molecule has 2 aromatic heterocycles. The van der Waals surface area contributed by atoms with Crippen molar-refractivity contribution in [2.45, 2.75) is 20.0 Å². The number of carbonyl (C=O) groups is 1. The molecular formula is C17H24N4O2. The summed E-state index contributed by atoms with van der Waals surface area (Å²) in [5, 5.41) is 2.94. The number of fused-ring (bicyclic) bond motifs is 1. The van der Waals surface area contributed by atoms with Gasteiger partial charge >= 0.3 is 0 Å². The second-order valence-electron chi connectivity index (χ2n) is 6.45. The minimum absolute atomic E-state index is 0.0449. The van der Waals surface area contributed by atoms with Crippen LogP contribution in [0.15, 0.2) is 30.6 Å². The maximum absolute atomic E-state index is 12.3. The molecule has 1 aliphatic rings. The van der Waals surface area contributed by atoms with Gasteiger partial charge in [0.15, 0.2) is 0 Å². The van der Waals surface area contributed by atoms with E-state index in [1.54, 1.807) is 6.20 Å². The molecule has 1 unspecified atom stereocenters. The number of hydrogen-bond acceptors (Lipinski definition) is 4. The first-order valence-electron chi connectivity index (χ1n) is 8.17. The standard InChI is InChI=1S/C17H24N4O2/c1-13(2)10-20-7-8-23-14(11-20)9-18-17(22)15-12-21-6-4-3-5-16(21)19-15/h3-6,12-14H,7-11H2,1-2H3,(H,18,22). The lowest BCUT2D eigenvalue weighted by Crippen LogP contribution is -2.48. The van der Waals surface area contributed by atoms with Crippen molar-refractivity contribution in [2.24, 2.45) is 5.92 Å². The molecule has 6 heteroatoms. The summed E-state index contributed by atoms with van der Waals surface area (Å²) < 4.78 is 7.60. The number of hydrogen-bond donors (Lipinski definition) is 1. The molecule has 2 aromatic rings. The highest BCUT2D eigenvalue weighted by molar-refractivity contribution is 5.92. The molecule has 1 atom stereocenters. The van der Waals surface area contributed by atoms with Crippen molar-refractivity contribution < 1.29 is 9.53 Å². The van der Waals surface area contributed by atoms with Crippen LogP contribution in [-0.2, 0) is 4.74 Å². The third-order valence-electron chi connectivity index (χ3n) is 3.93. The van der Waals surface area contributed by atoms with Crippen molar-refractivity contribution >= 4 is 11.6 Å². The van der Waals surface area contributed by atoms with Gasteiger partial charge in [-0.3, -0.25) is 9.69 Å². The molecule has 1 N–H and O–H groups in total. The monoisotopic (exact) mass is 316 g/mol. The Labute approximate surface area is 136 Å². The first-order valence-corrected chi connectivity index (χ1v) is 8.17. The fourth-order valence-corrected chi connectivity index (χ4v) is 2.93. The predicted molar refractivity (Wildman–Crippen MR) is 88.5 cm³/mol. The second kappa shape index (κ2) is 7.10. The number of rotatable bonds is 5. The Balaban J connectivity index is 1.54. The molecule has 0 saturated carbocycles. The average Bonchev–Trinajstić information content (AvgIpc) is 2.96. The summed E-state index contributed by atoms with van der Waals surface area (Å²) in [7, 11) is 0. The number of morpholine rings is 1. The smallest absolute Gasteiger partial charge is 0.271 e. The lowest BCUT2D eigenvalue weighted by Gasteiger charge is -2.33. The van der Waals surface area contributed by atoms with Crippen LogP contribution in [-0.4, -0.2) is 59.1 Å². The van der Waals surface area contributed by atoms with Gasteiger partial charge < -0.3 is 14.5 Å². The van der Waals surface area contributed by atoms with Crippen LogP contribution in [0.2, 0.25) is 0 Å². The van der Waals surface area contributed by atoms with Gasteiger partial charge in [-0.2, -0.15) is 0 Å². The Hall–Kier alpha value is -1.92. The topological polar surface area (TPSA) is 58.9 Å². The third kappa shape index (κ3) is 4.09. The summed E-state index contributed by atoms with van der Waals surface area (Å²) in [5.41, 5.74) is 1.21. The van der Waals surface area contributed by atoms with E-state index in [1.165, 1.54) is 0 Å². The van der Waals surface area contributed by atoms with Crippen molar-refractivity contribution in [3.8, 4) is 0 Å². The number of carbonyl (C=O) groups excluding carboxylic acids is 1. The number of ether oxygens (including phenoxy) is 1. The largest absolute Gasteiger partial charge is 0.374 e. The van der Waals surface area contributed by atoms with E-state index in [-0.39, 0.29) is 12.0 Å². The third-order valence-corrected chi connectivity index (χ3v) is 3.93. The molecule has 23 heavy (non-hydrogen) atoms. The lowest BCUT2D eigenvalue weighted by molar-refractivity contribution is -0.0295. The number of aromatic nitrogens is 2. The number of pyridine rings is 1. The first kappa shape index (κ1) is 16.0. The fourth-order valence-electron chi connectivity index (χ4n) is 2.93. The number of nitrogens with one attached hydrogen (secondary N) is 1. The minimum atomic E-state index is -0.154. The second-order valence-corrected chi connectivity index (χ2v) is 6.45. The van der Waals surface area contributed by atoms with Gasteiger partial charge in [0.05, 0.1) is 12.7 Å². The van der Waals surface area contributed by atoms with Gasteiger partial charge in [-0.25, -0.2) is 4.98 Å². The SMILES string of the molecule is CC(C)CN1CCOC(CNC(=O)c2cn3ccccc3n2)C1. The van der Waals surface area contributed by atoms with Gasteiger partial charge in [-0.1, -0.05) is 19.9 Å². The van der Waals surface area contributed by atoms with Gasteiger partial charge in [0, 0.05) is 38.6 Å². The van der Waals surface area contributed by atoms with Crippen LogP contribution < -0.4 is 5.32 Å². The molecule has 1 fully saturated rings. The van der Waals surface area contributed by atoms with E-state index in [2.05, 4.69) is 29.0 Å². The van der Waals surface area contributed by atoms with E-state index >= 15 is 0 Å². The number of amides is 1. The van der Waals surface area contributed by atoms with Crippen molar-refractivity contribution in [1.29, 1.82) is 0 Å². The van der Waals surface area contributed by atoms with Crippen LogP contribution in [0.25, 0.3) is 5.65 Å². The summed E-state index contributed by atoms with van der Waals surface area (Å²) in [6, 6.07) is 5.70. The molecule has 1 amide bonds. The van der Waals surface area contributed by atoms with E-state index in [0.29, 0.717) is 18.2 Å². The average molecular weight is 316 g/mol. The number of nitrogens with zero attached hydrogens (tertiary/aromatic N) is 3. The molecule has 0 aliphatic carbocycles. The van der Waals surface area contributed by atoms with Crippen molar-refractivity contribution in [3.05, 3.63) is 36.3 Å². The van der Waals surface area contributed by atoms with Crippen LogP contribution in [0.1, 0.15) is 24.3 Å². The molecule has 0 aromatic carbocycles. The van der Waals surface area contributed by atoms with Crippen molar-refractivity contribution in [1.82, 2.24) is 19.6 Å². The van der Waals surface area contributed by atoms with Gasteiger partial charge in [-0.15, -0.1) is 0 Å². The van der Waals surface area contributed by atoms with Gasteiger partial charge in [-0.05, 0) is 18.1 Å². The van der Waals surface area contributed by atoms with Gasteiger partial charge in [0.25, 0.3) is 5.91 Å². The van der Waals surface area contributed by atoms with E-state index in [0.717, 1.165) is 31.9 Å². The Morgan fingerprint density at radius 2 is 2.35 bits per heavy atom. The maximum atomic E-state index is 12.3. The summed E-state index contributed by atoms with van der Waals surface area (Å²) in [4.78, 5) is 19.0. The van der Waals surface area contributed by atoms with Crippen LogP contribution in [0.3, 0.4) is 0 Å². The Morgan fingerprint density at radius 1 is 1.48 bits per heavy atom. The van der Waals surface area contributed by atoms with E-state index in [1.807, 2.05) is 28.8 Å². The molecule has 0 bridgehead atoms. The zero-order valence-electron chi connectivity index (χ0n) is 13.7. The lowest BCUT2D eigenvalue weighted by atomic mass is 10.2. The van der Waals surface area contributed by atoms with Gasteiger partial charge in [0.1, 0.15) is 11.3 Å². The summed E-state index contributed by atoms with van der Waals surface area (Å²) in [5.74, 6) is 0.486. The summed E-state index contributed by atoms with van der Waals surface area (Å²) in [6.45, 7) is 8.58. The highest BCUT2D eigenvalue weighted by atomic mass is 16.5. The molecule has 1 saturated heterocycles. The van der Waals surface area contributed by atoms with Crippen LogP contribution in [0, 0.1) is 5.92 Å². The zero-order chi connectivity index (χ0) is 16.2. The van der Waals surface area contributed by atoms with E-state index < -0.39 is 0 Å². The summed E-state index contributed by atoms with van der Waals surface area (Å²) in [6.07, 6.45) is 3.67. The van der Waals surface area contributed by atoms with E-state index in [9.17, 15) is 4.79 Å². The Morgan fingerprint density at radius 3 is 3.13 bits per heavy atom. The highest BCUT2D eigenvalue weighted by Gasteiger charge is 2.22. The van der Waals surface area contributed by atoms with Crippen molar-refractivity contribution in [2.75, 3.05) is 32.8 Å². The molecule has 6 nitrogen and oxygen atoms in total. The molecule has 1 aliphatic heterocycles. The van der Waals surface area contributed by atoms with Gasteiger partial charge in [0.2, 0.25) is 0 Å². The van der Waals surface area contributed by atoms with Crippen molar-refractivity contribution in [3.63, 3.8) is 0 Å². The molecular weight excluding hydrogens is 292 g/mol. The zero-order valence-corrected chi connectivity index (χ0v) is 13.7. The molecule has 0 radical (unpaired) electrons. The van der Waals surface area contributed by atoms with E-state index in [4.69, 9.17) is 4.74 Å². The Bertz CT molecular complexity index is 634. The molecule has 124 valence electrons. The van der Waals surface area contributed by atoms with Crippen LogP contribution >= 0.6 is 0 Å². The molecule has 0 spiro atoms. The maximum Gasteiger partial charge on any atom is 0.271 e. The quantitative estimate of drug-likeness (QED) is 0.906. The normalized spacial score (nSPS) is 19.3. The van der Waals surface area contributed by atoms with Crippen LogP contribution in [0.5, 0.6) is 0 Å². The fraction of sp³-hybridized carbons (Fsp3) is 0.529. The highest BCUT2D eigenvalue weighted by Crippen LogP contribution is 2.08. The predicted octanol–water partition coefficient (Wildman–Crippen LogP) is 1.42. The first-order chi connectivity index (χ1) is 11.1. The number of imidazole rings is 1. The molecule has 3 rings (SSSR count). The Kier molecular flexibility index (Phi) is 4.93.